The molecule has 1 aliphatic rings. The summed E-state index contributed by atoms with van der Waals surface area (Å²) in [6, 6.07) is 8.39. The van der Waals surface area contributed by atoms with Gasteiger partial charge in [-0.3, -0.25) is 5.43 Å². The molecule has 1 N–H and O–H groups in total. The molecule has 1 aromatic heterocycles. The highest BCUT2D eigenvalue weighted by atomic mass is 35.5. The lowest BCUT2D eigenvalue weighted by atomic mass is 10.1. The number of sulfonamides is 1. The zero-order chi connectivity index (χ0) is 19.4. The van der Waals surface area contributed by atoms with E-state index in [4.69, 9.17) is 23.2 Å². The number of hydrogen-bond donors (Lipinski definition) is 1. The summed E-state index contributed by atoms with van der Waals surface area (Å²) in [5.41, 5.74) is 4.34. The van der Waals surface area contributed by atoms with Crippen molar-refractivity contribution in [1.29, 1.82) is 0 Å². The Morgan fingerprint density at radius 3 is 2.48 bits per heavy atom. The van der Waals surface area contributed by atoms with Gasteiger partial charge in [-0.25, -0.2) is 13.4 Å². The molecule has 27 heavy (non-hydrogen) atoms. The van der Waals surface area contributed by atoms with Crippen LogP contribution in [0.3, 0.4) is 0 Å². The summed E-state index contributed by atoms with van der Waals surface area (Å²) in [6.07, 6.45) is 4.23. The van der Waals surface area contributed by atoms with Gasteiger partial charge in [0.1, 0.15) is 10.7 Å². The van der Waals surface area contributed by atoms with Crippen LogP contribution in [-0.2, 0) is 10.0 Å². The van der Waals surface area contributed by atoms with Gasteiger partial charge in [-0.1, -0.05) is 35.7 Å². The molecule has 2 aromatic rings. The SMILES string of the molecule is C/C(=N\Nc1ccc(S(=O)(=O)N2CCCCC2)cn1)c1ccc(Cl)c(Cl)c1. The fourth-order valence-electron chi connectivity index (χ4n) is 2.78. The van der Waals surface area contributed by atoms with Gasteiger partial charge in [-0.05, 0) is 49.6 Å². The van der Waals surface area contributed by atoms with Crippen LogP contribution in [0.1, 0.15) is 31.7 Å². The molecule has 3 rings (SSSR count). The highest BCUT2D eigenvalue weighted by molar-refractivity contribution is 7.89. The van der Waals surface area contributed by atoms with Gasteiger partial charge in [0.15, 0.2) is 0 Å². The Bertz CT molecular complexity index is 940. The van der Waals surface area contributed by atoms with E-state index >= 15 is 0 Å². The van der Waals surface area contributed by atoms with E-state index in [1.165, 1.54) is 10.5 Å². The van der Waals surface area contributed by atoms with Gasteiger partial charge in [0.25, 0.3) is 0 Å². The van der Waals surface area contributed by atoms with Gasteiger partial charge >= 0.3 is 0 Å². The quantitative estimate of drug-likeness (QED) is 0.567. The number of halogens is 2. The molecule has 1 aliphatic heterocycles. The molecule has 0 spiro atoms. The van der Waals surface area contributed by atoms with E-state index in [1.54, 1.807) is 24.3 Å². The Kier molecular flexibility index (Phi) is 6.37. The molecular weight excluding hydrogens is 407 g/mol. The van der Waals surface area contributed by atoms with E-state index in [9.17, 15) is 8.42 Å². The lowest BCUT2D eigenvalue weighted by Crippen LogP contribution is -2.35. The van der Waals surface area contributed by atoms with Crippen LogP contribution in [-0.4, -0.2) is 36.5 Å². The van der Waals surface area contributed by atoms with Gasteiger partial charge in [-0.15, -0.1) is 0 Å². The number of hydrogen-bond acceptors (Lipinski definition) is 5. The maximum absolute atomic E-state index is 12.6. The minimum atomic E-state index is -3.48. The van der Waals surface area contributed by atoms with Crippen molar-refractivity contribution in [3.63, 3.8) is 0 Å². The highest BCUT2D eigenvalue weighted by Crippen LogP contribution is 2.23. The van der Waals surface area contributed by atoms with E-state index in [-0.39, 0.29) is 4.90 Å². The number of anilines is 1. The first-order valence-electron chi connectivity index (χ1n) is 8.60. The Morgan fingerprint density at radius 2 is 1.85 bits per heavy atom. The van der Waals surface area contributed by atoms with Crippen molar-refractivity contribution >= 4 is 44.8 Å². The van der Waals surface area contributed by atoms with Gasteiger partial charge < -0.3 is 0 Å². The largest absolute Gasteiger partial charge is 0.261 e. The first-order chi connectivity index (χ1) is 12.9. The molecule has 1 aromatic carbocycles. The second kappa shape index (κ2) is 8.56. The predicted molar refractivity (Wildman–Crippen MR) is 109 cm³/mol. The third-order valence-corrected chi connectivity index (χ3v) is 6.99. The van der Waals surface area contributed by atoms with Crippen LogP contribution in [0.2, 0.25) is 10.0 Å². The topological polar surface area (TPSA) is 74.7 Å². The van der Waals surface area contributed by atoms with E-state index < -0.39 is 10.0 Å². The van der Waals surface area contributed by atoms with Crippen LogP contribution in [0.15, 0.2) is 46.5 Å². The third kappa shape index (κ3) is 4.79. The van der Waals surface area contributed by atoms with Crippen molar-refractivity contribution in [3.05, 3.63) is 52.1 Å². The highest BCUT2D eigenvalue weighted by Gasteiger charge is 2.26. The van der Waals surface area contributed by atoms with Crippen molar-refractivity contribution in [2.75, 3.05) is 18.5 Å². The molecule has 0 unspecified atom stereocenters. The Morgan fingerprint density at radius 1 is 1.11 bits per heavy atom. The van der Waals surface area contributed by atoms with Gasteiger partial charge in [-0.2, -0.15) is 9.41 Å². The molecule has 0 aliphatic carbocycles. The standard InChI is InChI=1S/C18H20Cl2N4O2S/c1-13(14-5-7-16(19)17(20)11-14)22-23-18-8-6-15(12-21-18)27(25,26)24-9-3-2-4-10-24/h5-8,11-12H,2-4,9-10H2,1H3,(H,21,23)/b22-13+. The first-order valence-corrected chi connectivity index (χ1v) is 10.8. The van der Waals surface area contributed by atoms with E-state index in [0.29, 0.717) is 34.7 Å². The summed E-state index contributed by atoms with van der Waals surface area (Å²) in [7, 11) is -3.48. The summed E-state index contributed by atoms with van der Waals surface area (Å²) in [5, 5.41) is 5.19. The van der Waals surface area contributed by atoms with E-state index in [0.717, 1.165) is 24.8 Å². The van der Waals surface area contributed by atoms with Crippen molar-refractivity contribution in [2.45, 2.75) is 31.1 Å². The number of benzene rings is 1. The number of hydrazone groups is 1. The van der Waals surface area contributed by atoms with Crippen LogP contribution in [0.25, 0.3) is 0 Å². The second-order valence-electron chi connectivity index (χ2n) is 6.28. The Balaban J connectivity index is 1.71. The monoisotopic (exact) mass is 426 g/mol. The molecule has 0 atom stereocenters. The van der Waals surface area contributed by atoms with Gasteiger partial charge in [0.2, 0.25) is 10.0 Å². The molecule has 0 radical (unpaired) electrons. The summed E-state index contributed by atoms with van der Waals surface area (Å²) in [4.78, 5) is 4.36. The van der Waals surface area contributed by atoms with E-state index in [2.05, 4.69) is 15.5 Å². The summed E-state index contributed by atoms with van der Waals surface area (Å²) >= 11 is 11.9. The predicted octanol–water partition coefficient (Wildman–Crippen LogP) is 4.40. The molecule has 0 bridgehead atoms. The number of nitrogens with one attached hydrogen (secondary N) is 1. The van der Waals surface area contributed by atoms with Crippen LogP contribution < -0.4 is 5.43 Å². The third-order valence-electron chi connectivity index (χ3n) is 4.36. The first kappa shape index (κ1) is 20.1. The molecule has 1 saturated heterocycles. The number of rotatable bonds is 5. The average Bonchev–Trinajstić information content (AvgIpc) is 2.69. The summed E-state index contributed by atoms with van der Waals surface area (Å²) < 4.78 is 26.8. The van der Waals surface area contributed by atoms with Crippen LogP contribution in [0.5, 0.6) is 0 Å². The Hall–Kier alpha value is -1.67. The van der Waals surface area contributed by atoms with Crippen molar-refractivity contribution in [3.8, 4) is 0 Å². The normalized spacial score (nSPS) is 16.3. The van der Waals surface area contributed by atoms with E-state index in [1.807, 2.05) is 13.0 Å². The van der Waals surface area contributed by atoms with Crippen molar-refractivity contribution in [2.24, 2.45) is 5.10 Å². The summed E-state index contributed by atoms with van der Waals surface area (Å²) in [5.74, 6) is 0.451. The fourth-order valence-corrected chi connectivity index (χ4v) is 4.54. The molecule has 1 fully saturated rings. The minimum Gasteiger partial charge on any atom is -0.261 e. The Labute approximate surface area is 169 Å². The van der Waals surface area contributed by atoms with Gasteiger partial charge in [0, 0.05) is 19.3 Å². The number of pyridine rings is 1. The molecule has 144 valence electrons. The number of nitrogens with zero attached hydrogens (tertiary/aromatic N) is 3. The molecule has 6 nitrogen and oxygen atoms in total. The number of aromatic nitrogens is 1. The lowest BCUT2D eigenvalue weighted by molar-refractivity contribution is 0.346. The van der Waals surface area contributed by atoms with Crippen LogP contribution in [0.4, 0.5) is 5.82 Å². The lowest BCUT2D eigenvalue weighted by Gasteiger charge is -2.25. The number of piperidine rings is 1. The molecular formula is C18H20Cl2N4O2S. The van der Waals surface area contributed by atoms with Crippen molar-refractivity contribution < 1.29 is 8.42 Å². The average molecular weight is 427 g/mol. The fraction of sp³-hybridized carbons (Fsp3) is 0.333. The molecule has 0 amide bonds. The van der Waals surface area contributed by atoms with Crippen molar-refractivity contribution in [1.82, 2.24) is 9.29 Å². The smallest absolute Gasteiger partial charge is 0.244 e. The van der Waals surface area contributed by atoms with Gasteiger partial charge in [0.05, 0.1) is 15.8 Å². The summed E-state index contributed by atoms with van der Waals surface area (Å²) in [6.45, 7) is 2.95. The molecule has 9 heteroatoms. The zero-order valence-electron chi connectivity index (χ0n) is 14.8. The maximum atomic E-state index is 12.6. The molecule has 0 saturated carbocycles. The second-order valence-corrected chi connectivity index (χ2v) is 9.03. The van der Waals surface area contributed by atoms with Crippen LogP contribution >= 0.6 is 23.2 Å². The van der Waals surface area contributed by atoms with Crippen LogP contribution in [0, 0.1) is 0 Å². The minimum absolute atomic E-state index is 0.195. The molecule has 2 heterocycles. The maximum Gasteiger partial charge on any atom is 0.244 e. The zero-order valence-corrected chi connectivity index (χ0v) is 17.2.